The average Bonchev–Trinajstić information content (AvgIpc) is 2.31. The summed E-state index contributed by atoms with van der Waals surface area (Å²) in [5.74, 6) is 0. The molecule has 11 heavy (non-hydrogen) atoms. The minimum atomic E-state index is 0.505. The van der Waals surface area contributed by atoms with Gasteiger partial charge in [-0.25, -0.2) is 0 Å². The molecule has 0 atom stereocenters. The van der Waals surface area contributed by atoms with E-state index in [-0.39, 0.29) is 0 Å². The van der Waals surface area contributed by atoms with Crippen molar-refractivity contribution in [3.05, 3.63) is 16.4 Å². The highest BCUT2D eigenvalue weighted by atomic mass is 79.9. The van der Waals surface area contributed by atoms with E-state index >= 15 is 0 Å². The SMILES string of the molecule is CC(C)NCc1[nH]ncc1Br. The normalized spacial score (nSPS) is 10.9. The summed E-state index contributed by atoms with van der Waals surface area (Å²) < 4.78 is 1.03. The molecule has 0 unspecified atom stereocenters. The zero-order chi connectivity index (χ0) is 8.27. The van der Waals surface area contributed by atoms with E-state index < -0.39 is 0 Å². The number of rotatable bonds is 3. The first-order chi connectivity index (χ1) is 5.20. The maximum atomic E-state index is 3.89. The molecule has 0 saturated carbocycles. The molecule has 0 aromatic carbocycles. The fourth-order valence-electron chi connectivity index (χ4n) is 0.728. The van der Waals surface area contributed by atoms with Crippen LogP contribution in [0.4, 0.5) is 0 Å². The minimum absolute atomic E-state index is 0.505. The van der Waals surface area contributed by atoms with Crippen LogP contribution in [0, 0.1) is 0 Å². The largest absolute Gasteiger partial charge is 0.309 e. The van der Waals surface area contributed by atoms with Gasteiger partial charge < -0.3 is 5.32 Å². The van der Waals surface area contributed by atoms with Crippen molar-refractivity contribution in [2.45, 2.75) is 26.4 Å². The van der Waals surface area contributed by atoms with Crippen molar-refractivity contribution >= 4 is 15.9 Å². The predicted molar refractivity (Wildman–Crippen MR) is 48.3 cm³/mol. The second-order valence-electron chi connectivity index (χ2n) is 2.73. The van der Waals surface area contributed by atoms with Crippen LogP contribution in [0.5, 0.6) is 0 Å². The first-order valence-electron chi connectivity index (χ1n) is 3.61. The van der Waals surface area contributed by atoms with Gasteiger partial charge in [0.25, 0.3) is 0 Å². The third-order valence-corrected chi connectivity index (χ3v) is 2.04. The van der Waals surface area contributed by atoms with Crippen molar-refractivity contribution < 1.29 is 0 Å². The molecule has 4 heteroatoms. The number of H-pyrrole nitrogens is 1. The predicted octanol–water partition coefficient (Wildman–Crippen LogP) is 1.67. The standard InChI is InChI=1S/C7H12BrN3/c1-5(2)9-4-7-6(8)3-10-11-7/h3,5,9H,4H2,1-2H3,(H,10,11). The fraction of sp³-hybridized carbons (Fsp3) is 0.571. The number of aromatic amines is 1. The summed E-state index contributed by atoms with van der Waals surface area (Å²) in [7, 11) is 0. The quantitative estimate of drug-likeness (QED) is 0.810. The Hall–Kier alpha value is -0.350. The van der Waals surface area contributed by atoms with E-state index in [4.69, 9.17) is 0 Å². The monoisotopic (exact) mass is 217 g/mol. The van der Waals surface area contributed by atoms with Crippen LogP contribution in [-0.2, 0) is 6.54 Å². The first-order valence-corrected chi connectivity index (χ1v) is 4.40. The maximum Gasteiger partial charge on any atom is 0.0633 e. The van der Waals surface area contributed by atoms with Gasteiger partial charge in [0.2, 0.25) is 0 Å². The van der Waals surface area contributed by atoms with E-state index in [2.05, 4.69) is 45.3 Å². The summed E-state index contributed by atoms with van der Waals surface area (Å²) in [6, 6.07) is 0.505. The Morgan fingerprint density at radius 2 is 2.45 bits per heavy atom. The molecule has 2 N–H and O–H groups in total. The molecule has 0 saturated heterocycles. The Kier molecular flexibility index (Phi) is 3.08. The zero-order valence-corrected chi connectivity index (χ0v) is 8.27. The fourth-order valence-corrected chi connectivity index (χ4v) is 1.06. The van der Waals surface area contributed by atoms with E-state index in [9.17, 15) is 0 Å². The molecule has 0 aliphatic rings. The van der Waals surface area contributed by atoms with Crippen LogP contribution in [0.1, 0.15) is 19.5 Å². The van der Waals surface area contributed by atoms with E-state index in [1.165, 1.54) is 0 Å². The van der Waals surface area contributed by atoms with Crippen molar-refractivity contribution in [3.8, 4) is 0 Å². The minimum Gasteiger partial charge on any atom is -0.309 e. The topological polar surface area (TPSA) is 40.7 Å². The van der Waals surface area contributed by atoms with Crippen LogP contribution in [-0.4, -0.2) is 16.2 Å². The summed E-state index contributed by atoms with van der Waals surface area (Å²) in [6.45, 7) is 5.06. The molecule has 0 amide bonds. The second kappa shape index (κ2) is 3.88. The Balaban J connectivity index is 2.44. The second-order valence-corrected chi connectivity index (χ2v) is 3.59. The van der Waals surface area contributed by atoms with E-state index in [1.807, 2.05) is 0 Å². The van der Waals surface area contributed by atoms with Gasteiger partial charge in [-0.2, -0.15) is 5.10 Å². The van der Waals surface area contributed by atoms with Gasteiger partial charge in [0.1, 0.15) is 0 Å². The Morgan fingerprint density at radius 3 is 2.91 bits per heavy atom. The molecule has 0 aliphatic carbocycles. The summed E-state index contributed by atoms with van der Waals surface area (Å²) in [6.07, 6.45) is 1.76. The van der Waals surface area contributed by atoms with Crippen LogP contribution in [0.25, 0.3) is 0 Å². The van der Waals surface area contributed by atoms with Crippen molar-refractivity contribution in [2.75, 3.05) is 0 Å². The number of nitrogens with one attached hydrogen (secondary N) is 2. The third kappa shape index (κ3) is 2.63. The molecule has 0 radical (unpaired) electrons. The van der Waals surface area contributed by atoms with Gasteiger partial charge in [0.05, 0.1) is 16.4 Å². The first kappa shape index (κ1) is 8.74. The highest BCUT2D eigenvalue weighted by molar-refractivity contribution is 9.10. The molecule has 0 aliphatic heterocycles. The van der Waals surface area contributed by atoms with Gasteiger partial charge >= 0.3 is 0 Å². The molecule has 1 aromatic rings. The lowest BCUT2D eigenvalue weighted by atomic mass is 10.3. The van der Waals surface area contributed by atoms with Gasteiger partial charge in [-0.05, 0) is 15.9 Å². The third-order valence-electron chi connectivity index (χ3n) is 1.35. The van der Waals surface area contributed by atoms with Gasteiger partial charge in [0, 0.05) is 12.6 Å². The lowest BCUT2D eigenvalue weighted by molar-refractivity contribution is 0.579. The molecule has 62 valence electrons. The van der Waals surface area contributed by atoms with Gasteiger partial charge in [-0.15, -0.1) is 0 Å². The van der Waals surface area contributed by atoms with Crippen LogP contribution >= 0.6 is 15.9 Å². The van der Waals surface area contributed by atoms with Crippen LogP contribution < -0.4 is 5.32 Å². The van der Waals surface area contributed by atoms with Crippen molar-refractivity contribution in [3.63, 3.8) is 0 Å². The molecule has 3 nitrogen and oxygen atoms in total. The lowest BCUT2D eigenvalue weighted by Crippen LogP contribution is -2.22. The number of hydrogen-bond acceptors (Lipinski definition) is 2. The van der Waals surface area contributed by atoms with Gasteiger partial charge in [0.15, 0.2) is 0 Å². The Labute approximate surface area is 74.7 Å². The summed E-state index contributed by atoms with van der Waals surface area (Å²) in [4.78, 5) is 0. The smallest absolute Gasteiger partial charge is 0.0633 e. The van der Waals surface area contributed by atoms with Crippen LogP contribution in [0.3, 0.4) is 0 Å². The number of nitrogens with zero attached hydrogens (tertiary/aromatic N) is 1. The number of aromatic nitrogens is 2. The lowest BCUT2D eigenvalue weighted by Gasteiger charge is -2.05. The number of halogens is 1. The van der Waals surface area contributed by atoms with Crippen molar-refractivity contribution in [2.24, 2.45) is 0 Å². The van der Waals surface area contributed by atoms with Crippen LogP contribution in [0.2, 0.25) is 0 Å². The highest BCUT2D eigenvalue weighted by Gasteiger charge is 2.00. The maximum absolute atomic E-state index is 3.89. The highest BCUT2D eigenvalue weighted by Crippen LogP contribution is 2.11. The number of hydrogen-bond donors (Lipinski definition) is 2. The Morgan fingerprint density at radius 1 is 1.73 bits per heavy atom. The molecule has 1 heterocycles. The molecular formula is C7H12BrN3. The Bertz CT molecular complexity index is 219. The zero-order valence-electron chi connectivity index (χ0n) is 6.69. The van der Waals surface area contributed by atoms with E-state index in [0.717, 1.165) is 16.7 Å². The summed E-state index contributed by atoms with van der Waals surface area (Å²) >= 11 is 3.38. The average molecular weight is 218 g/mol. The molecule has 1 aromatic heterocycles. The van der Waals surface area contributed by atoms with Crippen molar-refractivity contribution in [1.29, 1.82) is 0 Å². The summed E-state index contributed by atoms with van der Waals surface area (Å²) in [5, 5.41) is 10.1. The van der Waals surface area contributed by atoms with E-state index in [1.54, 1.807) is 6.20 Å². The van der Waals surface area contributed by atoms with Crippen LogP contribution in [0.15, 0.2) is 10.7 Å². The molecule has 0 fully saturated rings. The van der Waals surface area contributed by atoms with E-state index in [0.29, 0.717) is 6.04 Å². The molecular weight excluding hydrogens is 206 g/mol. The molecule has 0 spiro atoms. The molecule has 0 bridgehead atoms. The van der Waals surface area contributed by atoms with Gasteiger partial charge in [-0.3, -0.25) is 5.10 Å². The molecule has 1 rings (SSSR count). The van der Waals surface area contributed by atoms with Gasteiger partial charge in [-0.1, -0.05) is 13.8 Å². The summed E-state index contributed by atoms with van der Waals surface area (Å²) in [5.41, 5.74) is 1.10. The van der Waals surface area contributed by atoms with Crippen molar-refractivity contribution in [1.82, 2.24) is 15.5 Å².